The van der Waals surface area contributed by atoms with Gasteiger partial charge in [0.05, 0.1) is 0 Å². The second-order valence-electron chi connectivity index (χ2n) is 5.57. The fraction of sp³-hybridized carbons (Fsp3) is 0.867. The highest BCUT2D eigenvalue weighted by molar-refractivity contribution is 7.98. The van der Waals surface area contributed by atoms with E-state index in [0.717, 1.165) is 12.8 Å². The Kier molecular flexibility index (Phi) is 10.6. The van der Waals surface area contributed by atoms with Gasteiger partial charge in [-0.1, -0.05) is 25.7 Å². The van der Waals surface area contributed by atoms with Crippen LogP contribution in [0.25, 0.3) is 0 Å². The molecule has 0 aromatic heterocycles. The van der Waals surface area contributed by atoms with E-state index in [1.807, 2.05) is 11.8 Å². The Morgan fingerprint density at radius 2 is 1.30 bits per heavy atom. The summed E-state index contributed by atoms with van der Waals surface area (Å²) in [7, 11) is 6.84. The molecule has 0 aromatic rings. The average molecular weight is 302 g/mol. The summed E-state index contributed by atoms with van der Waals surface area (Å²) in [5.74, 6) is 0.560. The predicted molar refractivity (Wildman–Crippen MR) is 87.0 cm³/mol. The summed E-state index contributed by atoms with van der Waals surface area (Å²) in [6, 6.07) is 0. The van der Waals surface area contributed by atoms with Crippen molar-refractivity contribution in [2.45, 2.75) is 38.5 Å². The number of carbonyl (C=O) groups excluding carboxylic acids is 2. The van der Waals surface area contributed by atoms with E-state index in [4.69, 9.17) is 0 Å². The minimum absolute atomic E-state index is 0.0777. The SMILES string of the molecule is CSCCCCCCCC(C(=O)N(C)C)C(=O)N(C)C. The molecule has 0 aliphatic carbocycles. The molecule has 0 fully saturated rings. The summed E-state index contributed by atoms with van der Waals surface area (Å²) >= 11 is 1.88. The lowest BCUT2D eigenvalue weighted by molar-refractivity contribution is -0.144. The van der Waals surface area contributed by atoms with Crippen molar-refractivity contribution in [2.24, 2.45) is 5.92 Å². The lowest BCUT2D eigenvalue weighted by atomic mass is 9.98. The first-order chi connectivity index (χ1) is 9.41. The molecule has 0 rings (SSSR count). The smallest absolute Gasteiger partial charge is 0.234 e. The number of hydrogen-bond acceptors (Lipinski definition) is 3. The number of amides is 2. The van der Waals surface area contributed by atoms with Gasteiger partial charge in [0, 0.05) is 28.2 Å². The molecule has 0 saturated heterocycles. The highest BCUT2D eigenvalue weighted by atomic mass is 32.2. The van der Waals surface area contributed by atoms with E-state index < -0.39 is 5.92 Å². The molecule has 0 aromatic carbocycles. The molecular weight excluding hydrogens is 272 g/mol. The molecule has 0 aliphatic rings. The number of rotatable bonds is 10. The molecule has 20 heavy (non-hydrogen) atoms. The molecule has 118 valence electrons. The fourth-order valence-corrected chi connectivity index (χ4v) is 2.59. The van der Waals surface area contributed by atoms with Crippen LogP contribution in [0.4, 0.5) is 0 Å². The first kappa shape index (κ1) is 19.3. The van der Waals surface area contributed by atoms with Crippen molar-refractivity contribution in [3.8, 4) is 0 Å². The van der Waals surface area contributed by atoms with Gasteiger partial charge in [0.25, 0.3) is 0 Å². The van der Waals surface area contributed by atoms with Crippen LogP contribution in [-0.2, 0) is 9.59 Å². The van der Waals surface area contributed by atoms with Crippen LogP contribution in [0.2, 0.25) is 0 Å². The van der Waals surface area contributed by atoms with Crippen LogP contribution in [0.1, 0.15) is 38.5 Å². The summed E-state index contributed by atoms with van der Waals surface area (Å²) in [6.45, 7) is 0. The number of carbonyl (C=O) groups is 2. The molecule has 0 unspecified atom stereocenters. The van der Waals surface area contributed by atoms with Crippen LogP contribution in [0, 0.1) is 5.92 Å². The first-order valence-corrected chi connectivity index (χ1v) is 8.72. The number of nitrogens with zero attached hydrogens (tertiary/aromatic N) is 2. The minimum Gasteiger partial charge on any atom is -0.348 e. The van der Waals surface area contributed by atoms with E-state index in [2.05, 4.69) is 6.26 Å². The molecule has 5 heteroatoms. The predicted octanol–water partition coefficient (Wildman–Crippen LogP) is 2.48. The molecule has 0 N–H and O–H groups in total. The van der Waals surface area contributed by atoms with Gasteiger partial charge < -0.3 is 9.80 Å². The third-order valence-corrected chi connectivity index (χ3v) is 4.02. The quantitative estimate of drug-likeness (QED) is 0.460. The molecule has 2 amide bonds. The summed E-state index contributed by atoms with van der Waals surface area (Å²) in [4.78, 5) is 27.2. The molecule has 0 atom stereocenters. The Labute approximate surface area is 128 Å². The number of hydrogen-bond donors (Lipinski definition) is 0. The monoisotopic (exact) mass is 302 g/mol. The van der Waals surface area contributed by atoms with Gasteiger partial charge in [0.2, 0.25) is 11.8 Å². The number of thioether (sulfide) groups is 1. The van der Waals surface area contributed by atoms with Gasteiger partial charge in [-0.3, -0.25) is 9.59 Å². The zero-order valence-electron chi connectivity index (χ0n) is 13.6. The van der Waals surface area contributed by atoms with Crippen molar-refractivity contribution < 1.29 is 9.59 Å². The van der Waals surface area contributed by atoms with E-state index in [1.165, 1.54) is 34.8 Å². The number of unbranched alkanes of at least 4 members (excludes halogenated alkanes) is 4. The summed E-state index contributed by atoms with van der Waals surface area (Å²) in [6.07, 6.45) is 8.54. The van der Waals surface area contributed by atoms with Crippen LogP contribution in [0.15, 0.2) is 0 Å². The average Bonchev–Trinajstić information content (AvgIpc) is 2.40. The lowest BCUT2D eigenvalue weighted by Gasteiger charge is -2.22. The third kappa shape index (κ3) is 7.78. The molecule has 0 aliphatic heterocycles. The Morgan fingerprint density at radius 3 is 1.75 bits per heavy atom. The van der Waals surface area contributed by atoms with E-state index in [0.29, 0.717) is 6.42 Å². The van der Waals surface area contributed by atoms with Crippen molar-refractivity contribution in [1.29, 1.82) is 0 Å². The normalized spacial score (nSPS) is 10.7. The maximum absolute atomic E-state index is 12.1. The third-order valence-electron chi connectivity index (χ3n) is 3.32. The van der Waals surface area contributed by atoms with E-state index in [9.17, 15) is 9.59 Å². The largest absolute Gasteiger partial charge is 0.348 e. The standard InChI is InChI=1S/C15H30N2O2S/c1-16(2)14(18)13(15(19)17(3)4)11-9-7-6-8-10-12-20-5/h13H,6-12H2,1-5H3. The second kappa shape index (κ2) is 11.0. The van der Waals surface area contributed by atoms with Crippen molar-refractivity contribution in [1.82, 2.24) is 9.80 Å². The Morgan fingerprint density at radius 1 is 0.850 bits per heavy atom. The molecule has 0 heterocycles. The Balaban J connectivity index is 4.12. The van der Waals surface area contributed by atoms with Gasteiger partial charge in [0.15, 0.2) is 0 Å². The molecule has 4 nitrogen and oxygen atoms in total. The topological polar surface area (TPSA) is 40.6 Å². The summed E-state index contributed by atoms with van der Waals surface area (Å²) < 4.78 is 0. The molecule has 0 radical (unpaired) electrons. The Bertz CT molecular complexity index is 274. The van der Waals surface area contributed by atoms with Crippen molar-refractivity contribution in [3.63, 3.8) is 0 Å². The summed E-state index contributed by atoms with van der Waals surface area (Å²) in [5, 5.41) is 0. The van der Waals surface area contributed by atoms with Crippen LogP contribution >= 0.6 is 11.8 Å². The van der Waals surface area contributed by atoms with Gasteiger partial charge in [0.1, 0.15) is 5.92 Å². The van der Waals surface area contributed by atoms with E-state index >= 15 is 0 Å². The van der Waals surface area contributed by atoms with Gasteiger partial charge in [-0.25, -0.2) is 0 Å². The van der Waals surface area contributed by atoms with Crippen LogP contribution in [0.3, 0.4) is 0 Å². The van der Waals surface area contributed by atoms with Crippen LogP contribution in [-0.4, -0.2) is 61.8 Å². The second-order valence-corrected chi connectivity index (χ2v) is 6.55. The van der Waals surface area contributed by atoms with E-state index in [1.54, 1.807) is 28.2 Å². The maximum Gasteiger partial charge on any atom is 0.234 e. The molecule has 0 bridgehead atoms. The van der Waals surface area contributed by atoms with Crippen molar-refractivity contribution in [2.75, 3.05) is 40.2 Å². The summed E-state index contributed by atoms with van der Waals surface area (Å²) in [5.41, 5.74) is 0. The van der Waals surface area contributed by atoms with Gasteiger partial charge in [-0.2, -0.15) is 11.8 Å². The molecule has 0 saturated carbocycles. The zero-order chi connectivity index (χ0) is 15.5. The maximum atomic E-state index is 12.1. The van der Waals surface area contributed by atoms with Gasteiger partial charge >= 0.3 is 0 Å². The zero-order valence-corrected chi connectivity index (χ0v) is 14.5. The van der Waals surface area contributed by atoms with Crippen molar-refractivity contribution in [3.05, 3.63) is 0 Å². The van der Waals surface area contributed by atoms with E-state index in [-0.39, 0.29) is 11.8 Å². The van der Waals surface area contributed by atoms with Crippen molar-refractivity contribution >= 4 is 23.6 Å². The van der Waals surface area contributed by atoms with Gasteiger partial charge in [-0.15, -0.1) is 0 Å². The Hall–Kier alpha value is -0.710. The molecule has 0 spiro atoms. The minimum atomic E-state index is -0.508. The lowest BCUT2D eigenvalue weighted by Crippen LogP contribution is -2.40. The highest BCUT2D eigenvalue weighted by Gasteiger charge is 2.28. The van der Waals surface area contributed by atoms with Crippen LogP contribution < -0.4 is 0 Å². The van der Waals surface area contributed by atoms with Crippen LogP contribution in [0.5, 0.6) is 0 Å². The first-order valence-electron chi connectivity index (χ1n) is 7.33. The highest BCUT2D eigenvalue weighted by Crippen LogP contribution is 2.16. The van der Waals surface area contributed by atoms with Gasteiger partial charge in [-0.05, 0) is 24.9 Å². The molecular formula is C15H30N2O2S. The fourth-order valence-electron chi connectivity index (χ4n) is 2.10.